The first-order valence-electron chi connectivity index (χ1n) is 5.72. The number of aromatic nitrogens is 2. The third kappa shape index (κ3) is 3.06. The number of carbonyl (C=O) groups is 1. The van der Waals surface area contributed by atoms with Crippen LogP contribution in [0.3, 0.4) is 0 Å². The fourth-order valence-corrected chi connectivity index (χ4v) is 1.65. The van der Waals surface area contributed by atoms with Crippen molar-refractivity contribution in [2.75, 3.05) is 18.9 Å². The Morgan fingerprint density at radius 1 is 1.47 bits per heavy atom. The summed E-state index contributed by atoms with van der Waals surface area (Å²) >= 11 is 0. The predicted molar refractivity (Wildman–Crippen MR) is 66.3 cm³/mol. The highest BCUT2D eigenvalue weighted by Gasteiger charge is 2.13. The molecular formula is C12H13FN4O2. The molecule has 0 spiro atoms. The van der Waals surface area contributed by atoms with E-state index in [-0.39, 0.29) is 17.2 Å². The van der Waals surface area contributed by atoms with E-state index in [0.29, 0.717) is 18.8 Å². The van der Waals surface area contributed by atoms with E-state index in [1.54, 1.807) is 13.1 Å². The standard InChI is InChI=1S/C12H13FN4O2/c1-14-11-8(3-2-4-9(11)13)12(18)15-6-5-10-16-7-19-17-10/h2-4,7,14H,5-6H2,1H3,(H,15,18). The molecule has 1 amide bonds. The first-order valence-corrected chi connectivity index (χ1v) is 5.72. The Bertz CT molecular complexity index is 557. The van der Waals surface area contributed by atoms with Crippen molar-refractivity contribution in [3.63, 3.8) is 0 Å². The van der Waals surface area contributed by atoms with Gasteiger partial charge in [0.15, 0.2) is 5.82 Å². The smallest absolute Gasteiger partial charge is 0.253 e. The third-order valence-electron chi connectivity index (χ3n) is 2.55. The Balaban J connectivity index is 1.98. The number of nitrogens with zero attached hydrogens (tertiary/aromatic N) is 2. The Hall–Kier alpha value is -2.44. The molecule has 7 heteroatoms. The van der Waals surface area contributed by atoms with Gasteiger partial charge in [0.05, 0.1) is 11.3 Å². The number of para-hydroxylation sites is 1. The van der Waals surface area contributed by atoms with Crippen molar-refractivity contribution in [1.82, 2.24) is 15.5 Å². The highest BCUT2D eigenvalue weighted by Crippen LogP contribution is 2.18. The van der Waals surface area contributed by atoms with Gasteiger partial charge in [-0.1, -0.05) is 11.2 Å². The molecule has 0 saturated carbocycles. The summed E-state index contributed by atoms with van der Waals surface area (Å²) in [5.41, 5.74) is 0.440. The Morgan fingerprint density at radius 3 is 3.00 bits per heavy atom. The second-order valence-corrected chi connectivity index (χ2v) is 3.77. The number of anilines is 1. The van der Waals surface area contributed by atoms with Gasteiger partial charge in [-0.25, -0.2) is 4.39 Å². The van der Waals surface area contributed by atoms with Crippen LogP contribution in [0, 0.1) is 5.82 Å². The maximum absolute atomic E-state index is 13.5. The van der Waals surface area contributed by atoms with Crippen molar-refractivity contribution in [2.24, 2.45) is 0 Å². The van der Waals surface area contributed by atoms with Crippen molar-refractivity contribution in [3.05, 3.63) is 41.8 Å². The van der Waals surface area contributed by atoms with Crippen molar-refractivity contribution in [3.8, 4) is 0 Å². The van der Waals surface area contributed by atoms with Crippen LogP contribution in [0.15, 0.2) is 29.1 Å². The number of hydrogen-bond acceptors (Lipinski definition) is 5. The second-order valence-electron chi connectivity index (χ2n) is 3.77. The van der Waals surface area contributed by atoms with Gasteiger partial charge in [-0.3, -0.25) is 4.79 Å². The van der Waals surface area contributed by atoms with Gasteiger partial charge in [0, 0.05) is 20.0 Å². The van der Waals surface area contributed by atoms with E-state index in [2.05, 4.69) is 25.3 Å². The van der Waals surface area contributed by atoms with E-state index in [1.165, 1.54) is 18.5 Å². The molecule has 1 aromatic heterocycles. The zero-order valence-electron chi connectivity index (χ0n) is 10.3. The maximum Gasteiger partial charge on any atom is 0.253 e. The number of rotatable bonds is 5. The Kier molecular flexibility index (Phi) is 4.07. The predicted octanol–water partition coefficient (Wildman–Crippen LogP) is 1.22. The van der Waals surface area contributed by atoms with Crippen LogP contribution in [0.2, 0.25) is 0 Å². The normalized spacial score (nSPS) is 10.2. The molecule has 0 aliphatic heterocycles. The van der Waals surface area contributed by atoms with Crippen LogP contribution >= 0.6 is 0 Å². The molecule has 2 aromatic rings. The summed E-state index contributed by atoms with van der Waals surface area (Å²) in [7, 11) is 1.56. The van der Waals surface area contributed by atoms with Crippen LogP contribution in [-0.4, -0.2) is 29.6 Å². The minimum absolute atomic E-state index is 0.180. The summed E-state index contributed by atoms with van der Waals surface area (Å²) in [5, 5.41) is 8.97. The van der Waals surface area contributed by atoms with E-state index < -0.39 is 5.82 Å². The van der Waals surface area contributed by atoms with E-state index >= 15 is 0 Å². The third-order valence-corrected chi connectivity index (χ3v) is 2.55. The molecule has 19 heavy (non-hydrogen) atoms. The molecule has 0 saturated heterocycles. The van der Waals surface area contributed by atoms with Crippen LogP contribution in [0.5, 0.6) is 0 Å². The van der Waals surface area contributed by atoms with Gasteiger partial charge in [0.1, 0.15) is 5.82 Å². The largest absolute Gasteiger partial charge is 0.385 e. The molecule has 0 unspecified atom stereocenters. The lowest BCUT2D eigenvalue weighted by molar-refractivity contribution is 0.0954. The lowest BCUT2D eigenvalue weighted by Gasteiger charge is -2.09. The number of nitrogens with one attached hydrogen (secondary N) is 2. The van der Waals surface area contributed by atoms with Crippen LogP contribution in [0.1, 0.15) is 16.2 Å². The molecular weight excluding hydrogens is 251 g/mol. The Labute approximate surface area is 109 Å². The van der Waals surface area contributed by atoms with Gasteiger partial charge in [0.2, 0.25) is 6.39 Å². The zero-order valence-corrected chi connectivity index (χ0v) is 10.3. The van der Waals surface area contributed by atoms with Gasteiger partial charge in [-0.2, -0.15) is 4.98 Å². The topological polar surface area (TPSA) is 80.0 Å². The quantitative estimate of drug-likeness (QED) is 0.848. The first-order chi connectivity index (χ1) is 9.22. The van der Waals surface area contributed by atoms with Gasteiger partial charge in [0.25, 0.3) is 5.91 Å². The van der Waals surface area contributed by atoms with Crippen LogP contribution in [0.25, 0.3) is 0 Å². The summed E-state index contributed by atoms with van der Waals surface area (Å²) in [5.74, 6) is -0.311. The van der Waals surface area contributed by atoms with Gasteiger partial charge < -0.3 is 15.2 Å². The fourth-order valence-electron chi connectivity index (χ4n) is 1.65. The molecule has 0 aliphatic rings. The maximum atomic E-state index is 13.5. The minimum atomic E-state index is -0.465. The summed E-state index contributed by atoms with van der Waals surface area (Å²) in [6.07, 6.45) is 1.68. The molecule has 0 atom stereocenters. The molecule has 6 nitrogen and oxygen atoms in total. The molecule has 1 heterocycles. The molecule has 0 bridgehead atoms. The SMILES string of the molecule is CNc1c(F)cccc1C(=O)NCCc1ncon1. The van der Waals surface area contributed by atoms with E-state index in [4.69, 9.17) is 0 Å². The fraction of sp³-hybridized carbons (Fsp3) is 0.250. The monoisotopic (exact) mass is 264 g/mol. The number of benzene rings is 1. The molecule has 2 rings (SSSR count). The van der Waals surface area contributed by atoms with E-state index in [1.807, 2.05) is 0 Å². The summed E-state index contributed by atoms with van der Waals surface area (Å²) in [6, 6.07) is 4.34. The van der Waals surface area contributed by atoms with E-state index in [0.717, 1.165) is 0 Å². The van der Waals surface area contributed by atoms with Crippen LogP contribution in [-0.2, 0) is 6.42 Å². The number of amides is 1. The van der Waals surface area contributed by atoms with Gasteiger partial charge in [-0.15, -0.1) is 0 Å². The minimum Gasteiger partial charge on any atom is -0.385 e. The average molecular weight is 264 g/mol. The second kappa shape index (κ2) is 5.94. The highest BCUT2D eigenvalue weighted by molar-refractivity contribution is 5.99. The molecule has 2 N–H and O–H groups in total. The van der Waals surface area contributed by atoms with E-state index in [9.17, 15) is 9.18 Å². The van der Waals surface area contributed by atoms with Crippen LogP contribution in [0.4, 0.5) is 10.1 Å². The van der Waals surface area contributed by atoms with Crippen molar-refractivity contribution >= 4 is 11.6 Å². The Morgan fingerprint density at radius 2 is 2.32 bits per heavy atom. The highest BCUT2D eigenvalue weighted by atomic mass is 19.1. The molecule has 0 radical (unpaired) electrons. The molecule has 1 aromatic carbocycles. The summed E-state index contributed by atoms with van der Waals surface area (Å²) in [4.78, 5) is 15.8. The van der Waals surface area contributed by atoms with Crippen molar-refractivity contribution in [1.29, 1.82) is 0 Å². The molecule has 100 valence electrons. The number of hydrogen-bond donors (Lipinski definition) is 2. The first kappa shape index (κ1) is 13.0. The van der Waals surface area contributed by atoms with Crippen LogP contribution < -0.4 is 10.6 Å². The van der Waals surface area contributed by atoms with Crippen molar-refractivity contribution < 1.29 is 13.7 Å². The molecule has 0 fully saturated rings. The lowest BCUT2D eigenvalue weighted by Crippen LogP contribution is -2.26. The van der Waals surface area contributed by atoms with Gasteiger partial charge in [-0.05, 0) is 12.1 Å². The number of halogens is 1. The summed E-state index contributed by atoms with van der Waals surface area (Å²) in [6.45, 7) is 0.345. The van der Waals surface area contributed by atoms with Crippen molar-refractivity contribution in [2.45, 2.75) is 6.42 Å². The lowest BCUT2D eigenvalue weighted by atomic mass is 10.1. The summed E-state index contributed by atoms with van der Waals surface area (Å²) < 4.78 is 18.1. The zero-order chi connectivity index (χ0) is 13.7. The van der Waals surface area contributed by atoms with Gasteiger partial charge >= 0.3 is 0 Å². The average Bonchev–Trinajstić information content (AvgIpc) is 2.91. The number of carbonyl (C=O) groups excluding carboxylic acids is 1. The molecule has 0 aliphatic carbocycles.